The summed E-state index contributed by atoms with van der Waals surface area (Å²) in [6.45, 7) is 24.0. The topological polar surface area (TPSA) is 83.9 Å². The molecular weight excluding hydrogens is 659 g/mol. The third-order valence-corrected chi connectivity index (χ3v) is 10.4. The molecule has 0 bridgehead atoms. The van der Waals surface area contributed by atoms with Gasteiger partial charge in [0.15, 0.2) is 0 Å². The van der Waals surface area contributed by atoms with Crippen molar-refractivity contribution in [3.05, 3.63) is 121 Å². The maximum atomic E-state index is 5.83. The molecule has 0 saturated carbocycles. The number of aliphatic imine (C=N–C) groups is 2. The molecule has 4 aliphatic rings. The number of pyridine rings is 1. The Balaban J connectivity index is 0.885. The van der Waals surface area contributed by atoms with Crippen molar-refractivity contribution in [1.82, 2.24) is 9.88 Å². The first-order chi connectivity index (χ1) is 26.0. The van der Waals surface area contributed by atoms with Crippen LogP contribution in [-0.4, -0.2) is 94.5 Å². The van der Waals surface area contributed by atoms with Gasteiger partial charge in [-0.2, -0.15) is 0 Å². The van der Waals surface area contributed by atoms with Crippen LogP contribution in [0, 0.1) is 12.8 Å². The molecule has 0 atom stereocenters. The number of allylic oxidation sites excluding steroid dienone is 5. The number of hydrogen-bond donors (Lipinski definition) is 2. The van der Waals surface area contributed by atoms with Crippen molar-refractivity contribution in [3.63, 3.8) is 0 Å². The van der Waals surface area contributed by atoms with Gasteiger partial charge in [0.1, 0.15) is 19.0 Å². The third kappa shape index (κ3) is 8.39. The van der Waals surface area contributed by atoms with Crippen LogP contribution in [0.4, 0.5) is 28.4 Å². The summed E-state index contributed by atoms with van der Waals surface area (Å²) >= 11 is 0. The predicted octanol–water partition coefficient (Wildman–Crippen LogP) is 7.03. The molecule has 2 saturated heterocycles. The largest absolute Gasteiger partial charge is 0.474 e. The molecule has 10 nitrogen and oxygen atoms in total. The van der Waals surface area contributed by atoms with Crippen LogP contribution in [0.25, 0.3) is 5.57 Å². The van der Waals surface area contributed by atoms with E-state index in [4.69, 9.17) is 9.73 Å². The summed E-state index contributed by atoms with van der Waals surface area (Å²) in [5.41, 5.74) is 10.6. The highest BCUT2D eigenvalue weighted by Gasteiger charge is 2.30. The minimum absolute atomic E-state index is 0.429. The number of hydrogen-bond acceptors (Lipinski definition) is 10. The smallest absolute Gasteiger partial charge is 0.238 e. The average molecular weight is 710 g/mol. The Hall–Kier alpha value is -5.61. The van der Waals surface area contributed by atoms with Gasteiger partial charge >= 0.3 is 0 Å². The minimum Gasteiger partial charge on any atom is -0.474 e. The van der Waals surface area contributed by atoms with E-state index in [2.05, 4.69) is 128 Å². The van der Waals surface area contributed by atoms with Crippen molar-refractivity contribution in [2.45, 2.75) is 13.3 Å². The first-order valence-electron chi connectivity index (χ1n) is 18.7. The summed E-state index contributed by atoms with van der Waals surface area (Å²) in [6, 6.07) is 17.6. The van der Waals surface area contributed by atoms with Crippen LogP contribution in [0.1, 0.15) is 17.5 Å². The molecule has 0 radical (unpaired) electrons. The molecule has 2 N–H and O–H groups in total. The van der Waals surface area contributed by atoms with Crippen molar-refractivity contribution >= 4 is 46.4 Å². The summed E-state index contributed by atoms with van der Waals surface area (Å²) in [7, 11) is 0. The highest BCUT2D eigenvalue weighted by atomic mass is 16.5. The number of benzene rings is 2. The fourth-order valence-electron chi connectivity index (χ4n) is 7.46. The van der Waals surface area contributed by atoms with Crippen LogP contribution in [0.15, 0.2) is 120 Å². The van der Waals surface area contributed by atoms with E-state index >= 15 is 0 Å². The van der Waals surface area contributed by atoms with Gasteiger partial charge in [-0.3, -0.25) is 14.9 Å². The highest BCUT2D eigenvalue weighted by Crippen LogP contribution is 2.38. The molecule has 0 amide bonds. The molecular formula is C43H51N9O. The molecule has 1 aromatic heterocycles. The van der Waals surface area contributed by atoms with E-state index < -0.39 is 0 Å². The number of nitrogens with one attached hydrogen (secondary N) is 2. The van der Waals surface area contributed by atoms with Gasteiger partial charge in [-0.25, -0.2) is 4.98 Å². The van der Waals surface area contributed by atoms with E-state index in [1.54, 1.807) is 6.20 Å². The van der Waals surface area contributed by atoms with Gasteiger partial charge in [-0.1, -0.05) is 24.8 Å². The van der Waals surface area contributed by atoms with Crippen molar-refractivity contribution < 1.29 is 4.74 Å². The second kappa shape index (κ2) is 16.8. The summed E-state index contributed by atoms with van der Waals surface area (Å²) < 4.78 is 5.83. The Bertz CT molecular complexity index is 1900. The monoisotopic (exact) mass is 709 g/mol. The number of piperazine rings is 1. The van der Waals surface area contributed by atoms with Gasteiger partial charge in [0.2, 0.25) is 5.88 Å². The SMILES string of the molecule is C=CCCNc1ccc(N2CCN(CC3CN(c4ccc(NC/N=C5/C=C(c6cnc7c(c6C)N(C=C)CCO7)C=C/C5=C/N=C)cc4)C3)CC2)cc1. The minimum atomic E-state index is 0.429. The fraction of sp³-hybridized carbons (Fsp3) is 0.326. The maximum Gasteiger partial charge on any atom is 0.238 e. The third-order valence-electron chi connectivity index (χ3n) is 10.4. The summed E-state index contributed by atoms with van der Waals surface area (Å²) in [5.74, 6) is 1.35. The van der Waals surface area contributed by atoms with Gasteiger partial charge in [0.25, 0.3) is 0 Å². The normalized spacial score (nSPS) is 19.0. The van der Waals surface area contributed by atoms with Crippen LogP contribution in [0.2, 0.25) is 0 Å². The standard InChI is InChI=1S/C43H51N9O/c1-5-7-18-45-36-10-14-38(15-11-36)51-21-19-49(20-22-51)28-33-29-52(30-33)39-16-12-37(13-17-39)47-31-48-41-25-34(8-9-35(41)26-44-4)40-27-46-43-42(32(40)3)50(6-2)23-24-53-43/h5-6,8-17,25-27,33,45,47H,1-2,4,7,18-24,28-31H2,3H3/b35-26-,48-41-. The van der Waals surface area contributed by atoms with Gasteiger partial charge in [0, 0.05) is 105 Å². The molecule has 10 heteroatoms. The number of nitrogens with zero attached hydrogens (tertiary/aromatic N) is 7. The Morgan fingerprint density at radius 1 is 0.906 bits per heavy atom. The van der Waals surface area contributed by atoms with Crippen molar-refractivity contribution in [2.75, 3.05) is 97.5 Å². The van der Waals surface area contributed by atoms with E-state index in [1.807, 2.05) is 24.5 Å². The zero-order chi connectivity index (χ0) is 36.6. The molecule has 4 heterocycles. The molecule has 2 aromatic carbocycles. The summed E-state index contributed by atoms with van der Waals surface area (Å²) in [5, 5.41) is 6.92. The lowest BCUT2D eigenvalue weighted by Crippen LogP contribution is -2.55. The molecule has 1 aliphatic carbocycles. The number of aromatic nitrogens is 1. The molecule has 3 aromatic rings. The second-order valence-electron chi connectivity index (χ2n) is 13.9. The molecule has 0 spiro atoms. The zero-order valence-electron chi connectivity index (χ0n) is 30.9. The van der Waals surface area contributed by atoms with Crippen LogP contribution < -0.4 is 30.1 Å². The lowest BCUT2D eigenvalue weighted by molar-refractivity contribution is 0.200. The average Bonchev–Trinajstić information content (AvgIpc) is 3.18. The lowest BCUT2D eigenvalue weighted by Gasteiger charge is -2.45. The van der Waals surface area contributed by atoms with Crippen LogP contribution >= 0.6 is 0 Å². The Morgan fingerprint density at radius 2 is 1.62 bits per heavy atom. The van der Waals surface area contributed by atoms with Crippen LogP contribution in [-0.2, 0) is 0 Å². The van der Waals surface area contributed by atoms with Gasteiger partial charge in [-0.05, 0) is 92.0 Å². The summed E-state index contributed by atoms with van der Waals surface area (Å²) in [4.78, 5) is 23.3. The van der Waals surface area contributed by atoms with E-state index in [-0.39, 0.29) is 0 Å². The van der Waals surface area contributed by atoms with Crippen molar-refractivity contribution in [2.24, 2.45) is 15.9 Å². The number of rotatable bonds is 14. The maximum absolute atomic E-state index is 5.83. The van der Waals surface area contributed by atoms with Gasteiger partial charge in [0.05, 0.1) is 12.3 Å². The molecule has 7 rings (SSSR count). The number of anilines is 5. The molecule has 53 heavy (non-hydrogen) atoms. The van der Waals surface area contributed by atoms with Crippen LogP contribution in [0.5, 0.6) is 5.88 Å². The highest BCUT2D eigenvalue weighted by molar-refractivity contribution is 6.17. The molecule has 3 aliphatic heterocycles. The first kappa shape index (κ1) is 35.8. The van der Waals surface area contributed by atoms with Gasteiger partial charge < -0.3 is 30.1 Å². The Morgan fingerprint density at radius 3 is 2.32 bits per heavy atom. The zero-order valence-corrected chi connectivity index (χ0v) is 30.9. The Labute approximate surface area is 314 Å². The first-order valence-corrected chi connectivity index (χ1v) is 18.7. The van der Waals surface area contributed by atoms with E-state index in [9.17, 15) is 0 Å². The fourth-order valence-corrected chi connectivity index (χ4v) is 7.46. The van der Waals surface area contributed by atoms with Gasteiger partial charge in [-0.15, -0.1) is 6.58 Å². The van der Waals surface area contributed by atoms with E-state index in [1.165, 1.54) is 23.6 Å². The summed E-state index contributed by atoms with van der Waals surface area (Å²) in [6.07, 6.45) is 14.6. The second-order valence-corrected chi connectivity index (χ2v) is 13.9. The van der Waals surface area contributed by atoms with E-state index in [0.29, 0.717) is 25.1 Å². The molecule has 2 fully saturated rings. The van der Waals surface area contributed by atoms with E-state index in [0.717, 1.165) is 98.1 Å². The van der Waals surface area contributed by atoms with Crippen molar-refractivity contribution in [3.8, 4) is 5.88 Å². The number of ether oxygens (including phenoxy) is 1. The predicted molar refractivity (Wildman–Crippen MR) is 223 cm³/mol. The van der Waals surface area contributed by atoms with Crippen molar-refractivity contribution in [1.29, 1.82) is 0 Å². The molecule has 274 valence electrons. The quantitative estimate of drug-likeness (QED) is 0.105. The Kier molecular flexibility index (Phi) is 11.4. The van der Waals surface area contributed by atoms with Crippen LogP contribution in [0.3, 0.4) is 0 Å². The lowest BCUT2D eigenvalue weighted by atomic mass is 9.93. The number of fused-ring (bicyclic) bond motifs is 1. The molecule has 0 unspecified atom stereocenters.